The Hall–Kier alpha value is -2.57. The number of imidazole rings is 1. The van der Waals surface area contributed by atoms with Gasteiger partial charge >= 0.3 is 0 Å². The van der Waals surface area contributed by atoms with Crippen LogP contribution < -0.4 is 14.8 Å². The van der Waals surface area contributed by atoms with Gasteiger partial charge in [-0.25, -0.2) is 4.98 Å². The quantitative estimate of drug-likeness (QED) is 0.702. The molecule has 2 saturated heterocycles. The highest BCUT2D eigenvalue weighted by Crippen LogP contribution is 2.34. The van der Waals surface area contributed by atoms with E-state index in [2.05, 4.69) is 39.0 Å². The lowest BCUT2D eigenvalue weighted by atomic mass is 10.0. The van der Waals surface area contributed by atoms with E-state index in [-0.39, 0.29) is 6.10 Å². The van der Waals surface area contributed by atoms with Gasteiger partial charge in [0.1, 0.15) is 18.5 Å². The summed E-state index contributed by atoms with van der Waals surface area (Å²) in [4.78, 5) is 7.61. The second-order valence-corrected chi connectivity index (χ2v) is 9.05. The summed E-state index contributed by atoms with van der Waals surface area (Å²) in [6.07, 6.45) is 3.58. The number of piperidine rings is 1. The molecule has 0 spiro atoms. The van der Waals surface area contributed by atoms with E-state index in [1.54, 1.807) is 0 Å². The molecule has 0 amide bonds. The Bertz CT molecular complexity index is 1050. The Morgan fingerprint density at radius 3 is 2.61 bits per heavy atom. The number of nitrogens with zero attached hydrogens (tertiary/aromatic N) is 3. The van der Waals surface area contributed by atoms with Crippen molar-refractivity contribution in [3.8, 4) is 11.5 Å². The summed E-state index contributed by atoms with van der Waals surface area (Å²) in [6, 6.07) is 17.1. The van der Waals surface area contributed by atoms with Crippen LogP contribution in [0.25, 0.3) is 11.0 Å². The van der Waals surface area contributed by atoms with Gasteiger partial charge in [0.05, 0.1) is 11.0 Å². The molecular formula is C25H30N4O2. The van der Waals surface area contributed by atoms with E-state index in [0.717, 1.165) is 62.6 Å². The van der Waals surface area contributed by atoms with Crippen LogP contribution in [0.4, 0.5) is 0 Å². The molecule has 1 aromatic heterocycles. The van der Waals surface area contributed by atoms with Crippen LogP contribution in [0.15, 0.2) is 48.5 Å². The molecule has 3 aliphatic rings. The van der Waals surface area contributed by atoms with Crippen LogP contribution in [0, 0.1) is 0 Å². The van der Waals surface area contributed by atoms with Crippen LogP contribution in [0.5, 0.6) is 11.5 Å². The maximum atomic E-state index is 6.19. The van der Waals surface area contributed by atoms with Gasteiger partial charge in [-0.15, -0.1) is 0 Å². The molecule has 0 bridgehead atoms. The summed E-state index contributed by atoms with van der Waals surface area (Å²) in [5.74, 6) is 3.54. The third-order valence-electron chi connectivity index (χ3n) is 7.00. The van der Waals surface area contributed by atoms with Crippen molar-refractivity contribution in [2.75, 3.05) is 39.3 Å². The standard InChI is InChI=1S/C25H30N4O2/c1-2-6-22-21(5-1)27-25(18-9-12-26-15-18)29(22)19-10-13-28(14-11-19)16-20-17-30-23-7-3-4-8-24(23)31-20/h1-8,18-20,26H,9-17H2/t18-,20?/m1/s1. The van der Waals surface area contributed by atoms with Crippen molar-refractivity contribution >= 4 is 11.0 Å². The number of para-hydroxylation sites is 4. The average Bonchev–Trinajstić information content (AvgIpc) is 3.48. The maximum Gasteiger partial charge on any atom is 0.161 e. The third-order valence-corrected chi connectivity index (χ3v) is 7.00. The van der Waals surface area contributed by atoms with Gasteiger partial charge in [0.25, 0.3) is 0 Å². The van der Waals surface area contributed by atoms with E-state index in [4.69, 9.17) is 14.5 Å². The van der Waals surface area contributed by atoms with Gasteiger partial charge in [0.2, 0.25) is 0 Å². The van der Waals surface area contributed by atoms with E-state index < -0.39 is 0 Å². The first-order valence-electron chi connectivity index (χ1n) is 11.6. The number of benzene rings is 2. The van der Waals surface area contributed by atoms with Crippen molar-refractivity contribution < 1.29 is 9.47 Å². The molecular weight excluding hydrogens is 388 g/mol. The van der Waals surface area contributed by atoms with Gasteiger partial charge in [-0.1, -0.05) is 24.3 Å². The Kier molecular flexibility index (Phi) is 5.04. The molecule has 2 aromatic carbocycles. The molecule has 2 atom stereocenters. The molecule has 0 aliphatic carbocycles. The van der Waals surface area contributed by atoms with Crippen molar-refractivity contribution in [1.29, 1.82) is 0 Å². The van der Waals surface area contributed by atoms with Gasteiger partial charge in [-0.05, 0) is 50.1 Å². The highest BCUT2D eigenvalue weighted by atomic mass is 16.6. The van der Waals surface area contributed by atoms with Gasteiger partial charge in [0, 0.05) is 38.1 Å². The highest BCUT2D eigenvalue weighted by molar-refractivity contribution is 5.76. The number of ether oxygens (including phenoxy) is 2. The lowest BCUT2D eigenvalue weighted by Gasteiger charge is -2.36. The van der Waals surface area contributed by atoms with Gasteiger partial charge in [-0.3, -0.25) is 4.90 Å². The van der Waals surface area contributed by atoms with E-state index >= 15 is 0 Å². The first-order chi connectivity index (χ1) is 15.3. The molecule has 31 heavy (non-hydrogen) atoms. The molecule has 3 aliphatic heterocycles. The number of hydrogen-bond donors (Lipinski definition) is 1. The number of likely N-dealkylation sites (tertiary alicyclic amines) is 1. The first-order valence-corrected chi connectivity index (χ1v) is 11.6. The molecule has 3 aromatic rings. The minimum absolute atomic E-state index is 0.0978. The molecule has 4 heterocycles. The van der Waals surface area contributed by atoms with Gasteiger partial charge in [0.15, 0.2) is 11.5 Å². The molecule has 1 unspecified atom stereocenters. The van der Waals surface area contributed by atoms with E-state index in [9.17, 15) is 0 Å². The minimum Gasteiger partial charge on any atom is -0.486 e. The number of aromatic nitrogens is 2. The Balaban J connectivity index is 1.15. The average molecular weight is 419 g/mol. The molecule has 0 saturated carbocycles. The molecule has 0 radical (unpaired) electrons. The maximum absolute atomic E-state index is 6.19. The zero-order chi connectivity index (χ0) is 20.6. The number of hydrogen-bond acceptors (Lipinski definition) is 5. The molecule has 2 fully saturated rings. The largest absolute Gasteiger partial charge is 0.486 e. The molecule has 1 N–H and O–H groups in total. The fraction of sp³-hybridized carbons (Fsp3) is 0.480. The van der Waals surface area contributed by atoms with Crippen LogP contribution in [0.2, 0.25) is 0 Å². The van der Waals surface area contributed by atoms with Crippen molar-refractivity contribution in [3.63, 3.8) is 0 Å². The zero-order valence-electron chi connectivity index (χ0n) is 17.9. The summed E-state index contributed by atoms with van der Waals surface area (Å²) >= 11 is 0. The monoisotopic (exact) mass is 418 g/mol. The van der Waals surface area contributed by atoms with E-state index in [0.29, 0.717) is 18.6 Å². The van der Waals surface area contributed by atoms with Crippen molar-refractivity contribution in [2.45, 2.75) is 37.3 Å². The van der Waals surface area contributed by atoms with Crippen LogP contribution in [-0.2, 0) is 0 Å². The first kappa shape index (κ1) is 19.1. The molecule has 162 valence electrons. The molecule has 6 heteroatoms. The van der Waals surface area contributed by atoms with Crippen molar-refractivity contribution in [3.05, 3.63) is 54.4 Å². The highest BCUT2D eigenvalue weighted by Gasteiger charge is 2.30. The summed E-state index contributed by atoms with van der Waals surface area (Å²) in [7, 11) is 0. The number of fused-ring (bicyclic) bond motifs is 2. The van der Waals surface area contributed by atoms with Crippen molar-refractivity contribution in [1.82, 2.24) is 19.8 Å². The number of rotatable bonds is 4. The number of nitrogens with one attached hydrogen (secondary N) is 1. The fourth-order valence-electron chi connectivity index (χ4n) is 5.41. The minimum atomic E-state index is 0.0978. The normalized spacial score (nSPS) is 24.6. The second kappa shape index (κ2) is 8.17. The molecule has 6 rings (SSSR count). The lowest BCUT2D eigenvalue weighted by Crippen LogP contribution is -2.44. The van der Waals surface area contributed by atoms with Crippen LogP contribution in [-0.4, -0.2) is 59.9 Å². The fourth-order valence-corrected chi connectivity index (χ4v) is 5.41. The SMILES string of the molecule is c1ccc2c(c1)OCC(CN1CCC(n3c([C@@H]4CCNC4)nc4ccccc43)CC1)O2. The smallest absolute Gasteiger partial charge is 0.161 e. The van der Waals surface area contributed by atoms with E-state index in [1.165, 1.54) is 17.8 Å². The summed E-state index contributed by atoms with van der Waals surface area (Å²) < 4.78 is 14.7. The zero-order valence-corrected chi connectivity index (χ0v) is 17.9. The van der Waals surface area contributed by atoms with Crippen LogP contribution >= 0.6 is 0 Å². The van der Waals surface area contributed by atoms with Crippen molar-refractivity contribution in [2.24, 2.45) is 0 Å². The van der Waals surface area contributed by atoms with Gasteiger partial charge < -0.3 is 19.4 Å². The van der Waals surface area contributed by atoms with E-state index in [1.807, 2.05) is 24.3 Å². The summed E-state index contributed by atoms with van der Waals surface area (Å²) in [6.45, 7) is 5.86. The predicted octanol–water partition coefficient (Wildman–Crippen LogP) is 3.59. The second-order valence-electron chi connectivity index (χ2n) is 9.05. The summed E-state index contributed by atoms with van der Waals surface area (Å²) in [5.41, 5.74) is 2.43. The molecule has 6 nitrogen and oxygen atoms in total. The van der Waals surface area contributed by atoms with Crippen LogP contribution in [0.1, 0.15) is 37.0 Å². The third kappa shape index (κ3) is 3.68. The van der Waals surface area contributed by atoms with Crippen LogP contribution in [0.3, 0.4) is 0 Å². The Morgan fingerprint density at radius 1 is 0.968 bits per heavy atom. The summed E-state index contributed by atoms with van der Waals surface area (Å²) in [5, 5.41) is 3.52. The lowest BCUT2D eigenvalue weighted by molar-refractivity contribution is 0.0485. The topological polar surface area (TPSA) is 51.5 Å². The Labute approximate surface area is 183 Å². The predicted molar refractivity (Wildman–Crippen MR) is 121 cm³/mol. The van der Waals surface area contributed by atoms with Gasteiger partial charge in [-0.2, -0.15) is 0 Å². The Morgan fingerprint density at radius 2 is 1.77 bits per heavy atom.